The van der Waals surface area contributed by atoms with Gasteiger partial charge in [0.2, 0.25) is 0 Å². The molecule has 0 fully saturated rings. The summed E-state index contributed by atoms with van der Waals surface area (Å²) in [5, 5.41) is 3.22. The van der Waals surface area contributed by atoms with Gasteiger partial charge in [-0.2, -0.15) is 0 Å². The highest BCUT2D eigenvalue weighted by atomic mass is 16.5. The Balaban J connectivity index is 2.59. The van der Waals surface area contributed by atoms with Gasteiger partial charge in [-0.25, -0.2) is 4.98 Å². The monoisotopic (exact) mass is 267 g/mol. The molecule has 1 rings (SSSR count). The molecule has 1 N–H and O–H groups in total. The van der Waals surface area contributed by atoms with Gasteiger partial charge in [-0.3, -0.25) is 4.79 Å². The van der Waals surface area contributed by atoms with Crippen LogP contribution in [0.25, 0.3) is 0 Å². The van der Waals surface area contributed by atoms with Crippen molar-refractivity contribution in [3.8, 4) is 0 Å². The van der Waals surface area contributed by atoms with Crippen molar-refractivity contribution in [3.63, 3.8) is 0 Å². The third kappa shape index (κ3) is 4.67. The van der Waals surface area contributed by atoms with Gasteiger partial charge in [0.1, 0.15) is 11.9 Å². The molecule has 1 aromatic rings. The van der Waals surface area contributed by atoms with E-state index in [0.29, 0.717) is 12.3 Å². The summed E-state index contributed by atoms with van der Waals surface area (Å²) in [4.78, 5) is 16.0. The Morgan fingerprint density at radius 3 is 2.84 bits per heavy atom. The number of imidazole rings is 1. The zero-order valence-corrected chi connectivity index (χ0v) is 12.3. The molecule has 1 unspecified atom stereocenters. The lowest BCUT2D eigenvalue weighted by molar-refractivity contribution is -0.143. The third-order valence-electron chi connectivity index (χ3n) is 3.05. The molecule has 0 bridgehead atoms. The number of carbonyl (C=O) groups is 1. The van der Waals surface area contributed by atoms with Crippen LogP contribution in [0.15, 0.2) is 12.4 Å². The number of hydrogen-bond donors (Lipinski definition) is 1. The molecule has 19 heavy (non-hydrogen) atoms. The molecule has 1 atom stereocenters. The minimum Gasteiger partial charge on any atom is -0.468 e. The van der Waals surface area contributed by atoms with Gasteiger partial charge >= 0.3 is 5.97 Å². The van der Waals surface area contributed by atoms with E-state index < -0.39 is 0 Å². The smallest absolute Gasteiger partial charge is 0.322 e. The minimum absolute atomic E-state index is 0.195. The van der Waals surface area contributed by atoms with Gasteiger partial charge in [0.05, 0.1) is 7.11 Å². The molecule has 5 heteroatoms. The van der Waals surface area contributed by atoms with E-state index in [1.54, 1.807) is 0 Å². The molecule has 0 spiro atoms. The standard InChI is InChI=1S/C14H25N3O2/c1-5-7-15-12(14(18)19-4)6-9-17-10-8-16-13(17)11(2)3/h8,10-12,15H,5-7,9H2,1-4H3. The van der Waals surface area contributed by atoms with E-state index in [1.165, 1.54) is 7.11 Å². The fourth-order valence-electron chi connectivity index (χ4n) is 2.04. The minimum atomic E-state index is -0.243. The van der Waals surface area contributed by atoms with Crippen LogP contribution in [-0.4, -0.2) is 35.2 Å². The highest BCUT2D eigenvalue weighted by molar-refractivity contribution is 5.75. The Bertz CT molecular complexity index is 388. The number of carbonyl (C=O) groups excluding carboxylic acids is 1. The summed E-state index contributed by atoms with van der Waals surface area (Å²) in [6, 6.07) is -0.243. The lowest BCUT2D eigenvalue weighted by Gasteiger charge is -2.17. The summed E-state index contributed by atoms with van der Waals surface area (Å²) in [6.07, 6.45) is 5.48. The van der Waals surface area contributed by atoms with E-state index in [2.05, 4.69) is 35.6 Å². The number of methoxy groups -OCH3 is 1. The average molecular weight is 267 g/mol. The molecular weight excluding hydrogens is 242 g/mol. The summed E-state index contributed by atoms with van der Waals surface area (Å²) in [5.41, 5.74) is 0. The topological polar surface area (TPSA) is 56.2 Å². The van der Waals surface area contributed by atoms with Crippen molar-refractivity contribution in [2.45, 2.75) is 52.1 Å². The molecule has 108 valence electrons. The van der Waals surface area contributed by atoms with Crippen molar-refractivity contribution in [3.05, 3.63) is 18.2 Å². The third-order valence-corrected chi connectivity index (χ3v) is 3.05. The van der Waals surface area contributed by atoms with Crippen LogP contribution in [0.1, 0.15) is 45.4 Å². The number of esters is 1. The zero-order valence-electron chi connectivity index (χ0n) is 12.3. The molecule has 0 saturated heterocycles. The normalized spacial score (nSPS) is 12.7. The summed E-state index contributed by atoms with van der Waals surface area (Å²) in [5.74, 6) is 1.24. The molecule has 1 aromatic heterocycles. The van der Waals surface area contributed by atoms with Gasteiger partial charge in [-0.1, -0.05) is 20.8 Å². The first-order valence-electron chi connectivity index (χ1n) is 6.92. The van der Waals surface area contributed by atoms with E-state index >= 15 is 0 Å². The van der Waals surface area contributed by atoms with Crippen molar-refractivity contribution in [1.82, 2.24) is 14.9 Å². The lowest BCUT2D eigenvalue weighted by Crippen LogP contribution is -2.39. The first-order valence-corrected chi connectivity index (χ1v) is 6.92. The number of hydrogen-bond acceptors (Lipinski definition) is 4. The number of aryl methyl sites for hydroxylation is 1. The molecule has 0 aliphatic carbocycles. The van der Waals surface area contributed by atoms with E-state index in [0.717, 1.165) is 25.3 Å². The van der Waals surface area contributed by atoms with Crippen LogP contribution >= 0.6 is 0 Å². The van der Waals surface area contributed by atoms with Crippen molar-refractivity contribution in [2.24, 2.45) is 0 Å². The van der Waals surface area contributed by atoms with Crippen LogP contribution in [0.3, 0.4) is 0 Å². The fraction of sp³-hybridized carbons (Fsp3) is 0.714. The summed E-state index contributed by atoms with van der Waals surface area (Å²) < 4.78 is 6.94. The van der Waals surface area contributed by atoms with Crippen molar-refractivity contribution in [1.29, 1.82) is 0 Å². The van der Waals surface area contributed by atoms with Crippen LogP contribution < -0.4 is 5.32 Å². The number of rotatable bonds is 8. The van der Waals surface area contributed by atoms with Gasteiger partial charge < -0.3 is 14.6 Å². The predicted molar refractivity (Wildman–Crippen MR) is 75.0 cm³/mol. The van der Waals surface area contributed by atoms with Gasteiger partial charge in [-0.15, -0.1) is 0 Å². The Labute approximate surface area is 115 Å². The largest absolute Gasteiger partial charge is 0.468 e. The SMILES string of the molecule is CCCNC(CCn1ccnc1C(C)C)C(=O)OC. The van der Waals surface area contributed by atoms with Crippen molar-refractivity contribution in [2.75, 3.05) is 13.7 Å². The molecular formula is C14H25N3O2. The summed E-state index contributed by atoms with van der Waals surface area (Å²) >= 11 is 0. The van der Waals surface area contributed by atoms with Crippen LogP contribution in [0, 0.1) is 0 Å². The van der Waals surface area contributed by atoms with Crippen LogP contribution in [-0.2, 0) is 16.1 Å². The Kier molecular flexibility index (Phi) is 6.56. The second-order valence-electron chi connectivity index (χ2n) is 4.95. The first-order chi connectivity index (χ1) is 9.10. The Morgan fingerprint density at radius 1 is 1.53 bits per heavy atom. The van der Waals surface area contributed by atoms with E-state index in [-0.39, 0.29) is 12.0 Å². The highest BCUT2D eigenvalue weighted by Gasteiger charge is 2.18. The van der Waals surface area contributed by atoms with E-state index in [4.69, 9.17) is 4.74 Å². The number of nitrogens with one attached hydrogen (secondary N) is 1. The van der Waals surface area contributed by atoms with Crippen molar-refractivity contribution >= 4 is 5.97 Å². The Hall–Kier alpha value is -1.36. The Morgan fingerprint density at radius 2 is 2.26 bits per heavy atom. The molecule has 0 aromatic carbocycles. The zero-order chi connectivity index (χ0) is 14.3. The number of ether oxygens (including phenoxy) is 1. The second-order valence-corrected chi connectivity index (χ2v) is 4.95. The van der Waals surface area contributed by atoms with Crippen LogP contribution in [0.4, 0.5) is 0 Å². The molecule has 0 radical (unpaired) electrons. The van der Waals surface area contributed by atoms with Gasteiger partial charge in [0, 0.05) is 24.9 Å². The van der Waals surface area contributed by atoms with Gasteiger partial charge in [0.15, 0.2) is 0 Å². The fourth-order valence-corrected chi connectivity index (χ4v) is 2.04. The maximum Gasteiger partial charge on any atom is 0.322 e. The molecule has 0 aliphatic rings. The van der Waals surface area contributed by atoms with Gasteiger partial charge in [0.25, 0.3) is 0 Å². The maximum absolute atomic E-state index is 11.7. The maximum atomic E-state index is 11.7. The van der Waals surface area contributed by atoms with Crippen LogP contribution in [0.2, 0.25) is 0 Å². The first kappa shape index (κ1) is 15.7. The number of aromatic nitrogens is 2. The molecule has 5 nitrogen and oxygen atoms in total. The quantitative estimate of drug-likeness (QED) is 0.731. The highest BCUT2D eigenvalue weighted by Crippen LogP contribution is 2.12. The van der Waals surface area contributed by atoms with E-state index in [9.17, 15) is 4.79 Å². The van der Waals surface area contributed by atoms with Crippen molar-refractivity contribution < 1.29 is 9.53 Å². The summed E-state index contributed by atoms with van der Waals surface area (Å²) in [7, 11) is 1.43. The molecule has 0 aliphatic heterocycles. The molecule has 0 amide bonds. The second kappa shape index (κ2) is 7.94. The molecule has 0 saturated carbocycles. The lowest BCUT2D eigenvalue weighted by atomic mass is 10.1. The number of nitrogens with zero attached hydrogens (tertiary/aromatic N) is 2. The van der Waals surface area contributed by atoms with Gasteiger partial charge in [-0.05, 0) is 19.4 Å². The van der Waals surface area contributed by atoms with E-state index in [1.807, 2.05) is 12.4 Å². The predicted octanol–water partition coefficient (Wildman–Crippen LogP) is 1.94. The average Bonchev–Trinajstić information content (AvgIpc) is 2.86. The molecule has 1 heterocycles. The van der Waals surface area contributed by atoms with Crippen LogP contribution in [0.5, 0.6) is 0 Å². The summed E-state index contributed by atoms with van der Waals surface area (Å²) in [6.45, 7) is 7.90.